The maximum atomic E-state index is 12.0. The first-order valence-electron chi connectivity index (χ1n) is 17.5. The Balaban J connectivity index is 0.00000627. The molecule has 0 saturated carbocycles. The maximum absolute atomic E-state index is 12.0. The summed E-state index contributed by atoms with van der Waals surface area (Å²) in [6.07, 6.45) is 21.2. The van der Waals surface area contributed by atoms with Crippen molar-refractivity contribution in [1.29, 1.82) is 0 Å². The van der Waals surface area contributed by atoms with Crippen LogP contribution in [0, 0.1) is 12.3 Å². The molecule has 0 spiro atoms. The average Bonchev–Trinajstić information content (AvgIpc) is 3.41. The van der Waals surface area contributed by atoms with E-state index in [0.29, 0.717) is 19.4 Å². The van der Waals surface area contributed by atoms with Gasteiger partial charge in [-0.1, -0.05) is 44.4 Å². The predicted molar refractivity (Wildman–Crippen MR) is 201 cm³/mol. The number of allylic oxidation sites excluding steroid dienone is 8. The van der Waals surface area contributed by atoms with E-state index in [9.17, 15) is 30.7 Å². The van der Waals surface area contributed by atoms with Gasteiger partial charge in [0.1, 0.15) is 27.3 Å². The minimum Gasteiger partial charge on any atom is -0.744 e. The normalized spacial score (nSPS) is 19.2. The van der Waals surface area contributed by atoms with Gasteiger partial charge in [0.2, 0.25) is 11.6 Å². The maximum Gasteiger partial charge on any atom is 1.00 e. The van der Waals surface area contributed by atoms with Gasteiger partial charge in [-0.25, -0.2) is 16.8 Å². The van der Waals surface area contributed by atoms with Crippen molar-refractivity contribution in [1.82, 2.24) is 5.32 Å². The molecule has 0 atom stereocenters. The summed E-state index contributed by atoms with van der Waals surface area (Å²) < 4.78 is 73.0. The average molecular weight is 784 g/mol. The predicted octanol–water partition coefficient (Wildman–Crippen LogP) is 3.09. The van der Waals surface area contributed by atoms with Crippen molar-refractivity contribution < 1.29 is 86.7 Å². The van der Waals surface area contributed by atoms with Crippen LogP contribution in [0.4, 0.5) is 11.4 Å². The SMILES string of the molecule is C#CCNC(=O)CCCCCN1/C(=C\C=C2C=C(/C=C/C3=[N+](C)c4ccc(S(=O)(=O)[O-])cc4C3(C)C)CCC\2)C(C)(C)c2cc(S(=O)(=O)[O-])ccc21.[K+]. The van der Waals surface area contributed by atoms with Gasteiger partial charge >= 0.3 is 51.4 Å². The van der Waals surface area contributed by atoms with Gasteiger partial charge in [-0.05, 0) is 99.1 Å². The molecule has 53 heavy (non-hydrogen) atoms. The van der Waals surface area contributed by atoms with Crippen molar-refractivity contribution in [3.63, 3.8) is 0 Å². The summed E-state index contributed by atoms with van der Waals surface area (Å²) in [5, 5.41) is 2.69. The van der Waals surface area contributed by atoms with Crippen LogP contribution in [0.15, 0.2) is 93.4 Å². The number of nitrogens with zero attached hydrogens (tertiary/aromatic N) is 2. The van der Waals surface area contributed by atoms with E-state index in [4.69, 9.17) is 6.42 Å². The van der Waals surface area contributed by atoms with Gasteiger partial charge in [0.25, 0.3) is 0 Å². The van der Waals surface area contributed by atoms with Crippen LogP contribution in [0.1, 0.15) is 83.8 Å². The molecule has 0 fully saturated rings. The van der Waals surface area contributed by atoms with Crippen molar-refractivity contribution in [3.05, 3.63) is 94.7 Å². The number of fused-ring (bicyclic) bond motifs is 2. The zero-order valence-electron chi connectivity index (χ0n) is 31.4. The fourth-order valence-corrected chi connectivity index (χ4v) is 8.50. The van der Waals surface area contributed by atoms with Crippen LogP contribution < -0.4 is 61.6 Å². The fraction of sp³-hybridized carbons (Fsp3) is 0.400. The van der Waals surface area contributed by atoms with Crippen LogP contribution in [0.2, 0.25) is 0 Å². The first kappa shape index (κ1) is 43.1. The van der Waals surface area contributed by atoms with Crippen LogP contribution in [-0.4, -0.2) is 62.3 Å². The van der Waals surface area contributed by atoms with Gasteiger partial charge in [0.15, 0.2) is 5.71 Å². The molecule has 276 valence electrons. The van der Waals surface area contributed by atoms with Crippen molar-refractivity contribution >= 4 is 43.2 Å². The molecule has 1 aliphatic carbocycles. The Bertz CT molecular complexity index is 2210. The van der Waals surface area contributed by atoms with Crippen molar-refractivity contribution in [2.75, 3.05) is 25.0 Å². The Morgan fingerprint density at radius 1 is 0.925 bits per heavy atom. The smallest absolute Gasteiger partial charge is 0.744 e. The Kier molecular flexibility index (Phi) is 13.8. The number of nitrogens with one attached hydrogen (secondary N) is 1. The van der Waals surface area contributed by atoms with Gasteiger partial charge in [-0.2, -0.15) is 4.58 Å². The quantitative estimate of drug-likeness (QED) is 0.114. The molecule has 0 bridgehead atoms. The van der Waals surface area contributed by atoms with Crippen LogP contribution in [-0.2, 0) is 35.9 Å². The molecule has 1 N–H and O–H groups in total. The third-order valence-electron chi connectivity index (χ3n) is 10.3. The third-order valence-corrected chi connectivity index (χ3v) is 12.0. The summed E-state index contributed by atoms with van der Waals surface area (Å²) in [7, 11) is -7.28. The van der Waals surface area contributed by atoms with E-state index in [1.807, 2.05) is 39.3 Å². The molecule has 0 saturated heterocycles. The first-order chi connectivity index (χ1) is 24.4. The number of benzene rings is 2. The monoisotopic (exact) mass is 783 g/mol. The molecule has 1 amide bonds. The van der Waals surface area contributed by atoms with E-state index < -0.39 is 31.1 Å². The number of hydrogen-bond acceptors (Lipinski definition) is 8. The van der Waals surface area contributed by atoms with Crippen LogP contribution >= 0.6 is 0 Å². The van der Waals surface area contributed by atoms with Crippen molar-refractivity contribution in [2.24, 2.45) is 0 Å². The van der Waals surface area contributed by atoms with Crippen LogP contribution in [0.25, 0.3) is 0 Å². The van der Waals surface area contributed by atoms with Crippen molar-refractivity contribution in [2.45, 2.75) is 93.3 Å². The Hall–Kier alpha value is -2.64. The number of anilines is 1. The molecular weight excluding hydrogens is 738 g/mol. The summed E-state index contributed by atoms with van der Waals surface area (Å²) >= 11 is 0. The first-order valence-corrected chi connectivity index (χ1v) is 20.3. The Morgan fingerprint density at radius 2 is 1.58 bits per heavy atom. The molecule has 0 radical (unpaired) electrons. The molecule has 0 aromatic heterocycles. The van der Waals surface area contributed by atoms with E-state index >= 15 is 0 Å². The van der Waals surface area contributed by atoms with Gasteiger partial charge in [0.05, 0.1) is 21.8 Å². The summed E-state index contributed by atoms with van der Waals surface area (Å²) in [6.45, 7) is 8.95. The molecule has 5 rings (SSSR count). The van der Waals surface area contributed by atoms with E-state index in [1.165, 1.54) is 24.3 Å². The zero-order valence-corrected chi connectivity index (χ0v) is 36.1. The Morgan fingerprint density at radius 3 is 2.25 bits per heavy atom. The van der Waals surface area contributed by atoms with Crippen LogP contribution in [0.3, 0.4) is 0 Å². The molecule has 2 aromatic carbocycles. The number of terminal acetylenes is 1. The number of rotatable bonds is 12. The second-order valence-electron chi connectivity index (χ2n) is 14.6. The van der Waals surface area contributed by atoms with E-state index in [-0.39, 0.29) is 73.6 Å². The molecular formula is C40H46KN3O7S2. The topological polar surface area (TPSA) is 150 Å². The molecule has 2 aromatic rings. The fourth-order valence-electron chi connectivity index (χ4n) is 7.51. The van der Waals surface area contributed by atoms with Crippen LogP contribution in [0.5, 0.6) is 0 Å². The second kappa shape index (κ2) is 17.0. The minimum absolute atomic E-state index is 0. The van der Waals surface area contributed by atoms with Gasteiger partial charge in [0, 0.05) is 47.5 Å². The summed E-state index contributed by atoms with van der Waals surface area (Å²) in [6, 6.07) is 9.10. The number of hydrogen-bond donors (Lipinski definition) is 1. The number of unbranched alkanes of at least 4 members (excludes halogenated alkanes) is 2. The standard InChI is InChI=1S/C40H47N3O7S2.K/c1-7-23-41-38(44)14-9-8-10-24-43-35-20-18-31(52(48,49)50)27-33(35)40(4,5)37(43)22-16-29-13-11-12-28(25-29)15-21-36-39(2,3)32-26-30(51(45,46)47)17-19-34(32)42(36)6;/h1,15-22,25-27H,8-14,23-24H2,2-6H3,(H2-,41,44,45,46,47,48,49,50);/q;+1/p-1. The molecule has 13 heteroatoms. The largest absolute Gasteiger partial charge is 1.00 e. The molecule has 2 aliphatic heterocycles. The van der Waals surface area contributed by atoms with Crippen molar-refractivity contribution in [3.8, 4) is 12.3 Å². The number of amides is 1. The van der Waals surface area contributed by atoms with E-state index in [2.05, 4.69) is 46.5 Å². The third kappa shape index (κ3) is 9.60. The number of carbonyl (C=O) groups excluding carboxylic acids is 1. The summed E-state index contributed by atoms with van der Waals surface area (Å²) in [5.74, 6) is 2.33. The Labute approximate surface area is 357 Å². The molecule has 0 unspecified atom stereocenters. The molecule has 2 heterocycles. The van der Waals surface area contributed by atoms with E-state index in [0.717, 1.165) is 77.2 Å². The summed E-state index contributed by atoms with van der Waals surface area (Å²) in [5.41, 5.74) is 6.42. The van der Waals surface area contributed by atoms with Gasteiger partial charge < -0.3 is 19.3 Å². The van der Waals surface area contributed by atoms with E-state index in [1.54, 1.807) is 12.1 Å². The van der Waals surface area contributed by atoms with Gasteiger partial charge in [-0.15, -0.1) is 6.42 Å². The molecule has 3 aliphatic rings. The molecule has 10 nitrogen and oxygen atoms in total. The number of carbonyl (C=O) groups is 1. The minimum atomic E-state index is -4.64. The zero-order chi connectivity index (χ0) is 38.1. The van der Waals surface area contributed by atoms with Gasteiger partial charge in [-0.3, -0.25) is 4.79 Å². The second-order valence-corrected chi connectivity index (χ2v) is 17.4. The summed E-state index contributed by atoms with van der Waals surface area (Å²) in [4.78, 5) is 13.7.